The average molecular weight is 466 g/mol. The summed E-state index contributed by atoms with van der Waals surface area (Å²) in [6.07, 6.45) is 7.98. The van der Waals surface area contributed by atoms with E-state index in [9.17, 15) is 5.26 Å². The number of imidazole rings is 1. The lowest BCUT2D eigenvalue weighted by molar-refractivity contribution is 0.0254. The Kier molecular flexibility index (Phi) is 6.82. The molecule has 0 saturated carbocycles. The van der Waals surface area contributed by atoms with Crippen molar-refractivity contribution >= 4 is 0 Å². The maximum absolute atomic E-state index is 9.69. The normalized spacial score (nSPS) is 13.9. The quantitative estimate of drug-likeness (QED) is 0.393. The molecule has 0 spiro atoms. The van der Waals surface area contributed by atoms with E-state index in [1.54, 1.807) is 6.20 Å². The van der Waals surface area contributed by atoms with E-state index in [4.69, 9.17) is 14.5 Å². The second kappa shape index (κ2) is 10.5. The van der Waals surface area contributed by atoms with Crippen molar-refractivity contribution in [3.05, 3.63) is 95.5 Å². The predicted molar refractivity (Wildman–Crippen MR) is 132 cm³/mol. The molecule has 2 aromatic carbocycles. The van der Waals surface area contributed by atoms with Gasteiger partial charge in [0.25, 0.3) is 0 Å². The Morgan fingerprint density at radius 1 is 1.03 bits per heavy atom. The standard InChI is InChI=1S/C28H27N5O2/c1-20-30-12-13-33(20)19-22-4-2-21(3-5-22)16-28-31-11-8-26(32-28)23-6-7-27(24(17-23)18-29)35-25-9-14-34-15-10-25/h2-8,11-13,17,25H,9-10,14-16,19H2,1H3. The minimum absolute atomic E-state index is 0.0858. The van der Waals surface area contributed by atoms with Gasteiger partial charge in [-0.2, -0.15) is 5.26 Å². The molecular formula is C28H27N5O2. The number of benzene rings is 2. The molecule has 0 bridgehead atoms. The fraction of sp³-hybridized carbons (Fsp3) is 0.286. The van der Waals surface area contributed by atoms with Gasteiger partial charge in [-0.1, -0.05) is 24.3 Å². The van der Waals surface area contributed by atoms with E-state index in [-0.39, 0.29) is 6.10 Å². The van der Waals surface area contributed by atoms with Crippen LogP contribution in [0.1, 0.15) is 41.2 Å². The Balaban J connectivity index is 1.29. The SMILES string of the molecule is Cc1nccn1Cc1ccc(Cc2nccc(-c3ccc(OC4CCOCC4)c(C#N)c3)n2)cc1. The third-order valence-electron chi connectivity index (χ3n) is 6.22. The summed E-state index contributed by atoms with van der Waals surface area (Å²) >= 11 is 0. The van der Waals surface area contributed by atoms with Crippen LogP contribution >= 0.6 is 0 Å². The van der Waals surface area contributed by atoms with Gasteiger partial charge in [-0.3, -0.25) is 0 Å². The van der Waals surface area contributed by atoms with Gasteiger partial charge in [0, 0.05) is 50.0 Å². The summed E-state index contributed by atoms with van der Waals surface area (Å²) in [6, 6.07) is 18.3. The lowest BCUT2D eigenvalue weighted by Gasteiger charge is -2.23. The van der Waals surface area contributed by atoms with Crippen LogP contribution in [0.2, 0.25) is 0 Å². The van der Waals surface area contributed by atoms with Crippen LogP contribution < -0.4 is 4.74 Å². The molecule has 1 aliphatic rings. The summed E-state index contributed by atoms with van der Waals surface area (Å²) in [5.74, 6) is 2.35. The molecule has 2 aromatic heterocycles. The molecule has 1 saturated heterocycles. The van der Waals surface area contributed by atoms with E-state index >= 15 is 0 Å². The summed E-state index contributed by atoms with van der Waals surface area (Å²) in [4.78, 5) is 13.5. The van der Waals surface area contributed by atoms with Crippen molar-refractivity contribution in [1.29, 1.82) is 5.26 Å². The summed E-state index contributed by atoms with van der Waals surface area (Å²) in [5.41, 5.74) is 4.53. The highest BCUT2D eigenvalue weighted by atomic mass is 16.5. The van der Waals surface area contributed by atoms with Crippen molar-refractivity contribution in [1.82, 2.24) is 19.5 Å². The zero-order valence-electron chi connectivity index (χ0n) is 19.7. The van der Waals surface area contributed by atoms with Gasteiger partial charge in [-0.05, 0) is 42.3 Å². The van der Waals surface area contributed by atoms with Crippen LogP contribution in [-0.4, -0.2) is 38.8 Å². The topological polar surface area (TPSA) is 85.9 Å². The Labute approximate surface area is 205 Å². The smallest absolute Gasteiger partial charge is 0.137 e. The lowest BCUT2D eigenvalue weighted by atomic mass is 10.1. The number of aryl methyl sites for hydroxylation is 1. The Bertz CT molecular complexity index is 1330. The third-order valence-corrected chi connectivity index (χ3v) is 6.22. The average Bonchev–Trinajstić information content (AvgIpc) is 3.30. The fourth-order valence-electron chi connectivity index (χ4n) is 4.21. The second-order valence-electron chi connectivity index (χ2n) is 8.71. The minimum Gasteiger partial charge on any atom is -0.489 e. The second-order valence-corrected chi connectivity index (χ2v) is 8.71. The van der Waals surface area contributed by atoms with Crippen molar-refractivity contribution in [2.75, 3.05) is 13.2 Å². The molecule has 1 fully saturated rings. The number of nitriles is 1. The van der Waals surface area contributed by atoms with Crippen LogP contribution in [-0.2, 0) is 17.7 Å². The predicted octanol–water partition coefficient (Wildman–Crippen LogP) is 4.72. The van der Waals surface area contributed by atoms with Crippen LogP contribution in [0.25, 0.3) is 11.3 Å². The molecule has 0 radical (unpaired) electrons. The van der Waals surface area contributed by atoms with Crippen molar-refractivity contribution in [3.8, 4) is 23.1 Å². The monoisotopic (exact) mass is 465 g/mol. The molecule has 0 atom stereocenters. The first-order valence-corrected chi connectivity index (χ1v) is 11.8. The first-order valence-electron chi connectivity index (χ1n) is 11.8. The van der Waals surface area contributed by atoms with Gasteiger partial charge < -0.3 is 14.0 Å². The van der Waals surface area contributed by atoms with Crippen molar-refractivity contribution < 1.29 is 9.47 Å². The molecule has 176 valence electrons. The first kappa shape index (κ1) is 22.8. The summed E-state index contributed by atoms with van der Waals surface area (Å²) in [7, 11) is 0. The van der Waals surface area contributed by atoms with Gasteiger partial charge in [0.05, 0.1) is 24.5 Å². The molecule has 0 aliphatic carbocycles. The Morgan fingerprint density at radius 3 is 2.57 bits per heavy atom. The number of rotatable bonds is 7. The molecule has 0 amide bonds. The molecule has 35 heavy (non-hydrogen) atoms. The van der Waals surface area contributed by atoms with E-state index in [2.05, 4.69) is 44.9 Å². The van der Waals surface area contributed by atoms with Crippen molar-refractivity contribution in [2.24, 2.45) is 0 Å². The Morgan fingerprint density at radius 2 is 1.83 bits per heavy atom. The highest BCUT2D eigenvalue weighted by Crippen LogP contribution is 2.27. The third kappa shape index (κ3) is 5.56. The maximum Gasteiger partial charge on any atom is 0.137 e. The van der Waals surface area contributed by atoms with E-state index in [0.29, 0.717) is 30.9 Å². The number of aromatic nitrogens is 4. The lowest BCUT2D eigenvalue weighted by Crippen LogP contribution is -2.26. The number of ether oxygens (including phenoxy) is 2. The molecular weight excluding hydrogens is 438 g/mol. The first-order chi connectivity index (χ1) is 17.2. The molecule has 7 nitrogen and oxygen atoms in total. The minimum atomic E-state index is 0.0858. The zero-order chi connectivity index (χ0) is 24.0. The van der Waals surface area contributed by atoms with Gasteiger partial charge in [0.2, 0.25) is 0 Å². The molecule has 5 rings (SSSR count). The molecule has 0 unspecified atom stereocenters. The molecule has 3 heterocycles. The summed E-state index contributed by atoms with van der Waals surface area (Å²) in [6.45, 7) is 4.20. The van der Waals surface area contributed by atoms with E-state index in [1.165, 1.54) is 5.56 Å². The van der Waals surface area contributed by atoms with Gasteiger partial charge in [0.1, 0.15) is 29.6 Å². The van der Waals surface area contributed by atoms with Gasteiger partial charge in [-0.25, -0.2) is 15.0 Å². The zero-order valence-corrected chi connectivity index (χ0v) is 19.7. The van der Waals surface area contributed by atoms with Crippen LogP contribution in [0.3, 0.4) is 0 Å². The molecule has 1 aliphatic heterocycles. The maximum atomic E-state index is 9.69. The largest absolute Gasteiger partial charge is 0.489 e. The van der Waals surface area contributed by atoms with Gasteiger partial charge in [0.15, 0.2) is 0 Å². The number of hydrogen-bond acceptors (Lipinski definition) is 6. The van der Waals surface area contributed by atoms with Gasteiger partial charge in [-0.15, -0.1) is 0 Å². The van der Waals surface area contributed by atoms with Crippen LogP contribution in [0.15, 0.2) is 67.1 Å². The van der Waals surface area contributed by atoms with Gasteiger partial charge >= 0.3 is 0 Å². The molecule has 0 N–H and O–H groups in total. The van der Waals surface area contributed by atoms with Crippen molar-refractivity contribution in [2.45, 2.75) is 38.8 Å². The highest BCUT2D eigenvalue weighted by Gasteiger charge is 2.17. The van der Waals surface area contributed by atoms with E-state index < -0.39 is 0 Å². The summed E-state index contributed by atoms with van der Waals surface area (Å²) in [5, 5.41) is 9.69. The fourth-order valence-corrected chi connectivity index (χ4v) is 4.21. The van der Waals surface area contributed by atoms with E-state index in [1.807, 2.05) is 43.6 Å². The van der Waals surface area contributed by atoms with Crippen LogP contribution in [0.4, 0.5) is 0 Å². The van der Waals surface area contributed by atoms with Crippen LogP contribution in [0, 0.1) is 18.3 Å². The number of hydrogen-bond donors (Lipinski definition) is 0. The molecule has 4 aromatic rings. The van der Waals surface area contributed by atoms with Crippen molar-refractivity contribution in [3.63, 3.8) is 0 Å². The van der Waals surface area contributed by atoms with Crippen LogP contribution in [0.5, 0.6) is 5.75 Å². The van der Waals surface area contributed by atoms with E-state index in [0.717, 1.165) is 47.9 Å². The Hall–Kier alpha value is -4.02. The highest BCUT2D eigenvalue weighted by molar-refractivity contribution is 5.64. The summed E-state index contributed by atoms with van der Waals surface area (Å²) < 4.78 is 13.6. The number of nitrogens with zero attached hydrogens (tertiary/aromatic N) is 5. The molecule has 7 heteroatoms.